The monoisotopic (exact) mass is 406 g/mol. The minimum Gasteiger partial charge on any atom is -0.493 e. The van der Waals surface area contributed by atoms with Crippen molar-refractivity contribution in [2.75, 3.05) is 20.2 Å². The Morgan fingerprint density at radius 2 is 1.81 bits per heavy atom. The average molecular weight is 407 g/mol. The van der Waals surface area contributed by atoms with Gasteiger partial charge in [-0.3, -0.25) is 4.90 Å². The van der Waals surface area contributed by atoms with Crippen molar-refractivity contribution in [2.45, 2.75) is 46.9 Å². The van der Waals surface area contributed by atoms with Crippen LogP contribution >= 0.6 is 23.6 Å². The minimum absolute atomic E-state index is 0.00688. The maximum absolute atomic E-state index is 6.13. The number of thiophene rings is 1. The zero-order chi connectivity index (χ0) is 20.0. The van der Waals surface area contributed by atoms with E-state index >= 15 is 0 Å². The Morgan fingerprint density at radius 3 is 2.41 bits per heavy atom. The Kier molecular flexibility index (Phi) is 8.07. The first-order valence-corrected chi connectivity index (χ1v) is 10.6. The summed E-state index contributed by atoms with van der Waals surface area (Å²) in [4.78, 5) is 5.27. The van der Waals surface area contributed by atoms with Crippen LogP contribution in [0.5, 0.6) is 11.5 Å². The van der Waals surface area contributed by atoms with Gasteiger partial charge in [0.05, 0.1) is 12.0 Å². The molecule has 6 heteroatoms. The number of hydrogen-bond acceptors (Lipinski definition) is 5. The van der Waals surface area contributed by atoms with Gasteiger partial charge in [-0.2, -0.15) is 0 Å². The fourth-order valence-corrected chi connectivity index (χ4v) is 4.20. The van der Waals surface area contributed by atoms with Crippen molar-refractivity contribution in [2.24, 2.45) is 0 Å². The highest BCUT2D eigenvalue weighted by atomic mass is 32.1. The summed E-state index contributed by atoms with van der Waals surface area (Å²) < 4.78 is 11.7. The second kappa shape index (κ2) is 10.1. The molecule has 0 spiro atoms. The maximum atomic E-state index is 6.13. The van der Waals surface area contributed by atoms with Crippen LogP contribution in [0, 0.1) is 0 Å². The Balaban J connectivity index is 2.21. The number of rotatable bonds is 9. The van der Waals surface area contributed by atoms with Crippen molar-refractivity contribution >= 4 is 28.5 Å². The number of hydrogen-bond donors (Lipinski definition) is 1. The summed E-state index contributed by atoms with van der Waals surface area (Å²) in [5.74, 6) is 1.50. The first-order valence-electron chi connectivity index (χ1n) is 9.39. The number of benzene rings is 1. The van der Waals surface area contributed by atoms with E-state index in [1.807, 2.05) is 12.1 Å². The van der Waals surface area contributed by atoms with Gasteiger partial charge in [0.2, 0.25) is 0 Å². The summed E-state index contributed by atoms with van der Waals surface area (Å²) in [6, 6.07) is 10.6. The molecule has 0 saturated carbocycles. The molecule has 0 amide bonds. The van der Waals surface area contributed by atoms with Crippen LogP contribution in [0.25, 0.3) is 10.4 Å². The molecular weight excluding hydrogens is 376 g/mol. The Morgan fingerprint density at radius 1 is 1.11 bits per heavy atom. The third-order valence-electron chi connectivity index (χ3n) is 4.32. The predicted octanol–water partition coefficient (Wildman–Crippen LogP) is 5.16. The van der Waals surface area contributed by atoms with Crippen molar-refractivity contribution in [1.82, 2.24) is 10.2 Å². The normalized spacial score (nSPS) is 12.3. The molecule has 4 nitrogen and oxygen atoms in total. The first-order chi connectivity index (χ1) is 12.9. The van der Waals surface area contributed by atoms with E-state index in [2.05, 4.69) is 63.0 Å². The van der Waals surface area contributed by atoms with Gasteiger partial charge in [0, 0.05) is 10.9 Å². The van der Waals surface area contributed by atoms with Crippen LogP contribution in [0.2, 0.25) is 0 Å². The van der Waals surface area contributed by atoms with Crippen molar-refractivity contribution in [3.8, 4) is 21.9 Å². The second-order valence-electron chi connectivity index (χ2n) is 6.60. The molecule has 0 saturated heterocycles. The smallest absolute Gasteiger partial charge is 0.163 e. The first kappa shape index (κ1) is 21.7. The lowest BCUT2D eigenvalue weighted by molar-refractivity contribution is 0.0458. The van der Waals surface area contributed by atoms with Gasteiger partial charge in [0.25, 0.3) is 0 Å². The van der Waals surface area contributed by atoms with Crippen LogP contribution in [0.1, 0.15) is 39.5 Å². The van der Waals surface area contributed by atoms with Crippen molar-refractivity contribution in [1.29, 1.82) is 0 Å². The molecule has 148 valence electrons. The molecule has 0 aliphatic heterocycles. The topological polar surface area (TPSA) is 33.7 Å². The van der Waals surface area contributed by atoms with Crippen LogP contribution in [-0.2, 0) is 0 Å². The largest absolute Gasteiger partial charge is 0.493 e. The highest BCUT2D eigenvalue weighted by Crippen LogP contribution is 2.36. The lowest BCUT2D eigenvalue weighted by atomic mass is 10.1. The predicted molar refractivity (Wildman–Crippen MR) is 119 cm³/mol. The molecule has 1 N–H and O–H groups in total. The summed E-state index contributed by atoms with van der Waals surface area (Å²) in [5.41, 5.74) is 1.10. The van der Waals surface area contributed by atoms with Crippen LogP contribution in [-0.4, -0.2) is 42.4 Å². The highest BCUT2D eigenvalue weighted by Gasteiger charge is 2.16. The Bertz CT molecular complexity index is 754. The number of nitrogens with zero attached hydrogens (tertiary/aromatic N) is 1. The molecule has 2 rings (SSSR count). The molecule has 2 aromatic rings. The number of ether oxygens (including phenoxy) is 2. The molecule has 1 heterocycles. The van der Waals surface area contributed by atoms with E-state index in [9.17, 15) is 0 Å². The van der Waals surface area contributed by atoms with E-state index in [0.717, 1.165) is 44.9 Å². The summed E-state index contributed by atoms with van der Waals surface area (Å²) >= 11 is 7.15. The van der Waals surface area contributed by atoms with Gasteiger partial charge >= 0.3 is 0 Å². The molecule has 1 atom stereocenters. The van der Waals surface area contributed by atoms with Crippen LogP contribution < -0.4 is 14.8 Å². The molecule has 27 heavy (non-hydrogen) atoms. The number of methoxy groups -OCH3 is 1. The van der Waals surface area contributed by atoms with Gasteiger partial charge < -0.3 is 14.8 Å². The standard InChI is InChI=1S/C21H30N2O2S2/c1-7-23(8-2)15(5)25-17-10-9-16(13-18(17)24-6)19-11-12-20(27-19)21(26)22-14(3)4/h9-15H,7-8H2,1-6H3,(H,22,26). The van der Waals surface area contributed by atoms with Crippen LogP contribution in [0.15, 0.2) is 30.3 Å². The van der Waals surface area contributed by atoms with Crippen molar-refractivity contribution < 1.29 is 9.47 Å². The summed E-state index contributed by atoms with van der Waals surface area (Å²) in [5, 5.41) is 3.29. The van der Waals surface area contributed by atoms with E-state index in [-0.39, 0.29) is 6.23 Å². The SMILES string of the molecule is CCN(CC)C(C)Oc1ccc(-c2ccc(C(=S)NC(C)C)s2)cc1OC. The maximum Gasteiger partial charge on any atom is 0.163 e. The van der Waals surface area contributed by atoms with E-state index < -0.39 is 0 Å². The molecule has 0 aliphatic rings. The fourth-order valence-electron chi connectivity index (χ4n) is 2.86. The molecule has 1 aromatic carbocycles. The molecule has 0 aliphatic carbocycles. The summed E-state index contributed by atoms with van der Waals surface area (Å²) in [7, 11) is 1.68. The fraction of sp³-hybridized carbons (Fsp3) is 0.476. The second-order valence-corrected chi connectivity index (χ2v) is 8.09. The van der Waals surface area contributed by atoms with E-state index in [4.69, 9.17) is 21.7 Å². The van der Waals surface area contributed by atoms with E-state index in [1.54, 1.807) is 18.4 Å². The summed E-state index contributed by atoms with van der Waals surface area (Å²) in [6.45, 7) is 12.4. The average Bonchev–Trinajstić information content (AvgIpc) is 3.13. The zero-order valence-electron chi connectivity index (χ0n) is 17.0. The molecule has 0 fully saturated rings. The van der Waals surface area contributed by atoms with E-state index in [0.29, 0.717) is 6.04 Å². The highest BCUT2D eigenvalue weighted by molar-refractivity contribution is 7.81. The van der Waals surface area contributed by atoms with Gasteiger partial charge in [-0.15, -0.1) is 11.3 Å². The molecule has 1 unspecified atom stereocenters. The molecular formula is C21H30N2O2S2. The molecule has 0 radical (unpaired) electrons. The van der Waals surface area contributed by atoms with Crippen LogP contribution in [0.4, 0.5) is 0 Å². The minimum atomic E-state index is -0.00688. The van der Waals surface area contributed by atoms with Gasteiger partial charge in [-0.1, -0.05) is 26.1 Å². The Hall–Kier alpha value is -1.63. The third kappa shape index (κ3) is 5.67. The lowest BCUT2D eigenvalue weighted by Gasteiger charge is -2.27. The van der Waals surface area contributed by atoms with Gasteiger partial charge in [-0.25, -0.2) is 0 Å². The number of thiocarbonyl (C=S) groups is 1. The van der Waals surface area contributed by atoms with Crippen molar-refractivity contribution in [3.05, 3.63) is 35.2 Å². The zero-order valence-corrected chi connectivity index (χ0v) is 18.7. The molecule has 0 bridgehead atoms. The Labute approximate surface area is 172 Å². The van der Waals surface area contributed by atoms with Crippen molar-refractivity contribution in [3.63, 3.8) is 0 Å². The summed E-state index contributed by atoms with van der Waals surface area (Å²) in [6.07, 6.45) is -0.00688. The number of nitrogens with one attached hydrogen (secondary N) is 1. The van der Waals surface area contributed by atoms with E-state index in [1.165, 1.54) is 0 Å². The van der Waals surface area contributed by atoms with Gasteiger partial charge in [0.1, 0.15) is 11.2 Å². The van der Waals surface area contributed by atoms with Gasteiger partial charge in [0.15, 0.2) is 11.5 Å². The molecule has 1 aromatic heterocycles. The lowest BCUT2D eigenvalue weighted by Crippen LogP contribution is -2.36. The third-order valence-corrected chi connectivity index (χ3v) is 5.94. The van der Waals surface area contributed by atoms with Gasteiger partial charge in [-0.05, 0) is 69.8 Å². The van der Waals surface area contributed by atoms with Crippen LogP contribution in [0.3, 0.4) is 0 Å². The quantitative estimate of drug-likeness (QED) is 0.459.